The van der Waals surface area contributed by atoms with Crippen molar-refractivity contribution in [2.75, 3.05) is 39.6 Å². The predicted molar refractivity (Wildman–Crippen MR) is 84.3 cm³/mol. The second-order valence-electron chi connectivity index (χ2n) is 5.52. The smallest absolute Gasteiger partial charge is 0.283 e. The summed E-state index contributed by atoms with van der Waals surface area (Å²) < 4.78 is 7.28. The molecule has 1 rings (SSSR count). The number of halogens is 1. The van der Waals surface area contributed by atoms with Crippen molar-refractivity contribution in [3.8, 4) is 0 Å². The van der Waals surface area contributed by atoms with Crippen LogP contribution in [-0.2, 0) is 11.3 Å². The first-order chi connectivity index (χ1) is 9.26. The standard InChI is InChI=1S/C13H23BrN4O2/c1-13(2,20-5)9-15-10-8-16-18(7-6-17(3)4)12(19)11(10)14/h8,15H,6-7,9H2,1-5H3. The molecule has 0 radical (unpaired) electrons. The van der Waals surface area contributed by atoms with Crippen LogP contribution in [0.15, 0.2) is 15.5 Å². The van der Waals surface area contributed by atoms with Crippen molar-refractivity contribution in [3.05, 3.63) is 21.0 Å². The molecule has 0 amide bonds. The Morgan fingerprint density at radius 1 is 1.50 bits per heavy atom. The number of methoxy groups -OCH3 is 1. The SMILES string of the molecule is COC(C)(C)CNc1cnn(CCN(C)C)c(=O)c1Br. The van der Waals surface area contributed by atoms with Crippen LogP contribution in [0.3, 0.4) is 0 Å². The quantitative estimate of drug-likeness (QED) is 0.808. The molecule has 1 heterocycles. The van der Waals surface area contributed by atoms with Crippen LogP contribution in [0.5, 0.6) is 0 Å². The van der Waals surface area contributed by atoms with Gasteiger partial charge in [-0.05, 0) is 43.9 Å². The molecule has 1 aromatic rings. The number of hydrogen-bond donors (Lipinski definition) is 1. The van der Waals surface area contributed by atoms with Gasteiger partial charge in [-0.2, -0.15) is 5.10 Å². The maximum absolute atomic E-state index is 12.2. The Labute approximate surface area is 128 Å². The summed E-state index contributed by atoms with van der Waals surface area (Å²) in [6, 6.07) is 0. The van der Waals surface area contributed by atoms with E-state index in [1.54, 1.807) is 13.3 Å². The van der Waals surface area contributed by atoms with Gasteiger partial charge in [0.25, 0.3) is 5.56 Å². The second kappa shape index (κ2) is 7.19. The van der Waals surface area contributed by atoms with Crippen LogP contribution in [0.4, 0.5) is 5.69 Å². The lowest BCUT2D eigenvalue weighted by Crippen LogP contribution is -2.33. The molecule has 0 atom stereocenters. The lowest BCUT2D eigenvalue weighted by atomic mass is 10.1. The Bertz CT molecular complexity index is 500. The van der Waals surface area contributed by atoms with E-state index in [1.807, 2.05) is 32.8 Å². The molecule has 20 heavy (non-hydrogen) atoms. The highest BCUT2D eigenvalue weighted by atomic mass is 79.9. The summed E-state index contributed by atoms with van der Waals surface area (Å²) in [5.74, 6) is 0. The lowest BCUT2D eigenvalue weighted by Gasteiger charge is -2.24. The molecule has 0 aliphatic heterocycles. The van der Waals surface area contributed by atoms with E-state index in [2.05, 4.69) is 26.3 Å². The second-order valence-corrected chi connectivity index (χ2v) is 6.31. The van der Waals surface area contributed by atoms with Crippen molar-refractivity contribution >= 4 is 21.6 Å². The van der Waals surface area contributed by atoms with E-state index in [1.165, 1.54) is 4.68 Å². The molecule has 0 unspecified atom stereocenters. The van der Waals surface area contributed by atoms with Gasteiger partial charge >= 0.3 is 0 Å². The molecule has 0 spiro atoms. The van der Waals surface area contributed by atoms with E-state index in [0.717, 1.165) is 6.54 Å². The normalized spacial score (nSPS) is 11.9. The largest absolute Gasteiger partial charge is 0.380 e. The molecule has 0 aromatic carbocycles. The zero-order valence-electron chi connectivity index (χ0n) is 12.7. The Kier molecular flexibility index (Phi) is 6.16. The minimum Gasteiger partial charge on any atom is -0.380 e. The number of aromatic nitrogens is 2. The van der Waals surface area contributed by atoms with E-state index in [4.69, 9.17) is 4.74 Å². The number of ether oxygens (including phenoxy) is 1. The van der Waals surface area contributed by atoms with Gasteiger partial charge < -0.3 is 15.0 Å². The molecule has 1 N–H and O–H groups in total. The van der Waals surface area contributed by atoms with Crippen molar-refractivity contribution in [1.82, 2.24) is 14.7 Å². The zero-order chi connectivity index (χ0) is 15.3. The summed E-state index contributed by atoms with van der Waals surface area (Å²) >= 11 is 3.34. The lowest BCUT2D eigenvalue weighted by molar-refractivity contribution is 0.0343. The fraction of sp³-hybridized carbons (Fsp3) is 0.692. The molecule has 6 nitrogen and oxygen atoms in total. The summed E-state index contributed by atoms with van der Waals surface area (Å²) in [6.07, 6.45) is 1.66. The van der Waals surface area contributed by atoms with Crippen LogP contribution in [0, 0.1) is 0 Å². The van der Waals surface area contributed by atoms with Crippen molar-refractivity contribution in [3.63, 3.8) is 0 Å². The molecule has 7 heteroatoms. The molecule has 0 saturated heterocycles. The van der Waals surface area contributed by atoms with Crippen LogP contribution in [0.2, 0.25) is 0 Å². The van der Waals surface area contributed by atoms with Crippen molar-refractivity contribution in [1.29, 1.82) is 0 Å². The van der Waals surface area contributed by atoms with Crippen LogP contribution in [-0.4, -0.2) is 54.6 Å². The molecular weight excluding hydrogens is 324 g/mol. The molecule has 0 aliphatic rings. The predicted octanol–water partition coefficient (Wildman–Crippen LogP) is 1.40. The Morgan fingerprint density at radius 2 is 2.15 bits per heavy atom. The Hall–Kier alpha value is -0.920. The van der Waals surface area contributed by atoms with E-state index >= 15 is 0 Å². The van der Waals surface area contributed by atoms with Gasteiger partial charge in [-0.1, -0.05) is 0 Å². The van der Waals surface area contributed by atoms with Gasteiger partial charge in [-0.3, -0.25) is 4.79 Å². The first-order valence-electron chi connectivity index (χ1n) is 6.46. The van der Waals surface area contributed by atoms with Crippen LogP contribution in [0.1, 0.15) is 13.8 Å². The molecule has 0 bridgehead atoms. The first-order valence-corrected chi connectivity index (χ1v) is 7.25. The van der Waals surface area contributed by atoms with E-state index in [0.29, 0.717) is 23.2 Å². The maximum atomic E-state index is 12.2. The van der Waals surface area contributed by atoms with Gasteiger partial charge in [-0.15, -0.1) is 0 Å². The molecule has 114 valence electrons. The van der Waals surface area contributed by atoms with Crippen LogP contribution < -0.4 is 10.9 Å². The van der Waals surface area contributed by atoms with Crippen molar-refractivity contribution < 1.29 is 4.74 Å². The number of nitrogens with one attached hydrogen (secondary N) is 1. The number of nitrogens with zero attached hydrogens (tertiary/aromatic N) is 3. The molecular formula is C13H23BrN4O2. The highest BCUT2D eigenvalue weighted by Gasteiger charge is 2.17. The maximum Gasteiger partial charge on any atom is 0.283 e. The highest BCUT2D eigenvalue weighted by Crippen LogP contribution is 2.18. The topological polar surface area (TPSA) is 59.4 Å². The number of likely N-dealkylation sites (N-methyl/N-ethyl adjacent to an activating group) is 1. The monoisotopic (exact) mass is 346 g/mol. The van der Waals surface area contributed by atoms with Gasteiger partial charge in [0.05, 0.1) is 24.0 Å². The molecule has 1 aromatic heterocycles. The number of rotatable bonds is 7. The molecule has 0 saturated carbocycles. The van der Waals surface area contributed by atoms with Gasteiger partial charge in [0.1, 0.15) is 4.47 Å². The van der Waals surface area contributed by atoms with E-state index in [9.17, 15) is 4.79 Å². The van der Waals surface area contributed by atoms with Crippen molar-refractivity contribution in [2.45, 2.75) is 26.0 Å². The van der Waals surface area contributed by atoms with E-state index in [-0.39, 0.29) is 11.2 Å². The average Bonchev–Trinajstić information content (AvgIpc) is 2.39. The third-order valence-corrected chi connectivity index (χ3v) is 3.77. The zero-order valence-corrected chi connectivity index (χ0v) is 14.3. The van der Waals surface area contributed by atoms with Gasteiger partial charge in [-0.25, -0.2) is 4.68 Å². The third kappa shape index (κ3) is 4.88. The summed E-state index contributed by atoms with van der Waals surface area (Å²) in [7, 11) is 5.58. The Balaban J connectivity index is 2.81. The van der Waals surface area contributed by atoms with Crippen LogP contribution >= 0.6 is 15.9 Å². The average molecular weight is 347 g/mol. The Morgan fingerprint density at radius 3 is 2.70 bits per heavy atom. The third-order valence-electron chi connectivity index (χ3n) is 3.00. The molecule has 0 fully saturated rings. The van der Waals surface area contributed by atoms with Gasteiger partial charge in [0.2, 0.25) is 0 Å². The minimum atomic E-state index is -0.306. The summed E-state index contributed by atoms with van der Waals surface area (Å²) in [5, 5.41) is 7.36. The van der Waals surface area contributed by atoms with Crippen LogP contribution in [0.25, 0.3) is 0 Å². The van der Waals surface area contributed by atoms with E-state index < -0.39 is 0 Å². The first kappa shape index (κ1) is 17.1. The number of anilines is 1. The van der Waals surface area contributed by atoms with Gasteiger partial charge in [0, 0.05) is 20.2 Å². The fourth-order valence-electron chi connectivity index (χ4n) is 1.42. The molecule has 0 aliphatic carbocycles. The van der Waals surface area contributed by atoms with Crippen molar-refractivity contribution in [2.24, 2.45) is 0 Å². The van der Waals surface area contributed by atoms with Gasteiger partial charge in [0.15, 0.2) is 0 Å². The summed E-state index contributed by atoms with van der Waals surface area (Å²) in [5.41, 5.74) is 0.243. The highest BCUT2D eigenvalue weighted by molar-refractivity contribution is 9.10. The number of hydrogen-bond acceptors (Lipinski definition) is 5. The minimum absolute atomic E-state index is 0.132. The summed E-state index contributed by atoms with van der Waals surface area (Å²) in [4.78, 5) is 14.2. The fourth-order valence-corrected chi connectivity index (χ4v) is 1.87. The summed E-state index contributed by atoms with van der Waals surface area (Å²) in [6.45, 7) is 5.86.